The van der Waals surface area contributed by atoms with E-state index in [0.29, 0.717) is 0 Å². The van der Waals surface area contributed by atoms with E-state index in [2.05, 4.69) is 17.2 Å². The molecule has 1 aromatic carbocycles. The van der Waals surface area contributed by atoms with Gasteiger partial charge in [-0.1, -0.05) is 30.7 Å². The van der Waals surface area contributed by atoms with Gasteiger partial charge in [0, 0.05) is 18.4 Å². The van der Waals surface area contributed by atoms with E-state index in [1.54, 1.807) is 18.3 Å². The van der Waals surface area contributed by atoms with E-state index >= 15 is 0 Å². The van der Waals surface area contributed by atoms with Gasteiger partial charge in [0.1, 0.15) is 5.82 Å². The summed E-state index contributed by atoms with van der Waals surface area (Å²) in [6.07, 6.45) is 5.45. The van der Waals surface area contributed by atoms with Crippen LogP contribution in [0.2, 0.25) is 5.02 Å². The van der Waals surface area contributed by atoms with Crippen molar-refractivity contribution >= 4 is 11.6 Å². The number of aromatic nitrogens is 1. The number of rotatable bonds is 6. The maximum Gasteiger partial charge on any atom is 0.141 e. The van der Waals surface area contributed by atoms with E-state index in [1.807, 2.05) is 18.3 Å². The molecule has 0 bridgehead atoms. The highest BCUT2D eigenvalue weighted by atomic mass is 35.5. The second kappa shape index (κ2) is 7.36. The van der Waals surface area contributed by atoms with Crippen molar-refractivity contribution in [3.63, 3.8) is 0 Å². The van der Waals surface area contributed by atoms with Gasteiger partial charge in [-0.05, 0) is 48.7 Å². The molecule has 1 atom stereocenters. The number of nitrogens with zero attached hydrogens (tertiary/aromatic N) is 1. The van der Waals surface area contributed by atoms with Gasteiger partial charge >= 0.3 is 0 Å². The number of benzene rings is 1. The van der Waals surface area contributed by atoms with Crippen molar-refractivity contribution in [2.24, 2.45) is 0 Å². The Morgan fingerprint density at radius 1 is 1.35 bits per heavy atom. The Kier molecular flexibility index (Phi) is 5.50. The lowest BCUT2D eigenvalue weighted by Gasteiger charge is -2.19. The first-order chi connectivity index (χ1) is 9.70. The van der Waals surface area contributed by atoms with Crippen LogP contribution in [-0.4, -0.2) is 11.5 Å². The summed E-state index contributed by atoms with van der Waals surface area (Å²) in [5.74, 6) is -0.383. The fraction of sp³-hybridized carbons (Fsp3) is 0.312. The lowest BCUT2D eigenvalue weighted by atomic mass is 9.99. The van der Waals surface area contributed by atoms with E-state index in [1.165, 1.54) is 6.07 Å². The molecule has 0 fully saturated rings. The van der Waals surface area contributed by atoms with E-state index in [4.69, 9.17) is 11.6 Å². The number of halogens is 2. The SMILES string of the molecule is CCCNC(Cc1cccnc1)c1ccc(F)c(Cl)c1. The summed E-state index contributed by atoms with van der Waals surface area (Å²) >= 11 is 5.88. The van der Waals surface area contributed by atoms with E-state index in [-0.39, 0.29) is 16.9 Å². The summed E-state index contributed by atoms with van der Waals surface area (Å²) in [6, 6.07) is 8.97. The molecular formula is C16H18ClFN2. The summed E-state index contributed by atoms with van der Waals surface area (Å²) in [4.78, 5) is 4.13. The Labute approximate surface area is 124 Å². The van der Waals surface area contributed by atoms with Crippen molar-refractivity contribution in [1.82, 2.24) is 10.3 Å². The van der Waals surface area contributed by atoms with Gasteiger partial charge in [0.15, 0.2) is 0 Å². The maximum absolute atomic E-state index is 13.3. The third-order valence-corrected chi connectivity index (χ3v) is 3.44. The monoisotopic (exact) mass is 292 g/mol. The summed E-state index contributed by atoms with van der Waals surface area (Å²) in [7, 11) is 0. The zero-order chi connectivity index (χ0) is 14.4. The first kappa shape index (κ1) is 14.9. The van der Waals surface area contributed by atoms with Crippen LogP contribution in [0.5, 0.6) is 0 Å². The highest BCUT2D eigenvalue weighted by Gasteiger charge is 2.13. The van der Waals surface area contributed by atoms with E-state index in [9.17, 15) is 4.39 Å². The van der Waals surface area contributed by atoms with Crippen LogP contribution in [0, 0.1) is 5.82 Å². The van der Waals surface area contributed by atoms with Gasteiger partial charge in [0.2, 0.25) is 0 Å². The highest BCUT2D eigenvalue weighted by molar-refractivity contribution is 6.30. The zero-order valence-corrected chi connectivity index (χ0v) is 12.2. The summed E-state index contributed by atoms with van der Waals surface area (Å²) in [5, 5.41) is 3.64. The Bertz CT molecular complexity index is 545. The van der Waals surface area contributed by atoms with Crippen LogP contribution in [0.15, 0.2) is 42.7 Å². The topological polar surface area (TPSA) is 24.9 Å². The van der Waals surface area contributed by atoms with Crippen LogP contribution in [0.3, 0.4) is 0 Å². The standard InChI is InChI=1S/C16H18ClFN2/c1-2-7-20-16(9-12-4-3-8-19-11-12)13-5-6-15(18)14(17)10-13/h3-6,8,10-11,16,20H,2,7,9H2,1H3. The van der Waals surface area contributed by atoms with Crippen molar-refractivity contribution in [3.8, 4) is 0 Å². The highest BCUT2D eigenvalue weighted by Crippen LogP contribution is 2.23. The maximum atomic E-state index is 13.3. The molecule has 2 aromatic rings. The largest absolute Gasteiger partial charge is 0.310 e. The Hall–Kier alpha value is -1.45. The molecule has 106 valence electrons. The van der Waals surface area contributed by atoms with Crippen molar-refractivity contribution < 1.29 is 4.39 Å². The van der Waals surface area contributed by atoms with E-state index in [0.717, 1.165) is 30.5 Å². The lowest BCUT2D eigenvalue weighted by molar-refractivity contribution is 0.527. The second-order valence-corrected chi connectivity index (χ2v) is 5.15. The van der Waals surface area contributed by atoms with E-state index < -0.39 is 0 Å². The van der Waals surface area contributed by atoms with Crippen molar-refractivity contribution in [1.29, 1.82) is 0 Å². The predicted molar refractivity (Wildman–Crippen MR) is 80.4 cm³/mol. The van der Waals surface area contributed by atoms with Crippen molar-refractivity contribution in [3.05, 3.63) is 64.7 Å². The quantitative estimate of drug-likeness (QED) is 0.865. The molecular weight excluding hydrogens is 275 g/mol. The molecule has 0 aliphatic carbocycles. The molecule has 1 unspecified atom stereocenters. The van der Waals surface area contributed by atoms with Gasteiger partial charge < -0.3 is 5.32 Å². The summed E-state index contributed by atoms with van der Waals surface area (Å²) in [5.41, 5.74) is 2.13. The molecule has 0 saturated heterocycles. The van der Waals surface area contributed by atoms with Crippen LogP contribution in [-0.2, 0) is 6.42 Å². The Balaban J connectivity index is 2.20. The number of pyridine rings is 1. The molecule has 1 N–H and O–H groups in total. The Morgan fingerprint density at radius 3 is 2.85 bits per heavy atom. The van der Waals surface area contributed by atoms with Gasteiger partial charge in [0.25, 0.3) is 0 Å². The molecule has 0 amide bonds. The van der Waals surface area contributed by atoms with Gasteiger partial charge in [-0.2, -0.15) is 0 Å². The molecule has 20 heavy (non-hydrogen) atoms. The number of hydrogen-bond acceptors (Lipinski definition) is 2. The molecule has 1 heterocycles. The first-order valence-electron chi connectivity index (χ1n) is 6.78. The number of nitrogens with one attached hydrogen (secondary N) is 1. The van der Waals surface area contributed by atoms with Crippen LogP contribution < -0.4 is 5.32 Å². The average Bonchev–Trinajstić information content (AvgIpc) is 2.47. The minimum absolute atomic E-state index is 0.109. The zero-order valence-electron chi connectivity index (χ0n) is 11.4. The summed E-state index contributed by atoms with van der Waals surface area (Å²) < 4.78 is 13.3. The number of hydrogen-bond donors (Lipinski definition) is 1. The van der Waals surface area contributed by atoms with Gasteiger partial charge in [0.05, 0.1) is 5.02 Å². The van der Waals surface area contributed by atoms with Crippen molar-refractivity contribution in [2.75, 3.05) is 6.54 Å². The predicted octanol–water partition coefficient (Wildman–Crippen LogP) is 4.16. The second-order valence-electron chi connectivity index (χ2n) is 4.75. The fourth-order valence-corrected chi connectivity index (χ4v) is 2.30. The molecule has 4 heteroatoms. The fourth-order valence-electron chi connectivity index (χ4n) is 2.11. The Morgan fingerprint density at radius 2 is 2.20 bits per heavy atom. The smallest absolute Gasteiger partial charge is 0.141 e. The third kappa shape index (κ3) is 4.02. The summed E-state index contributed by atoms with van der Waals surface area (Å²) in [6.45, 7) is 3.02. The molecule has 0 saturated carbocycles. The normalized spacial score (nSPS) is 12.3. The molecule has 2 nitrogen and oxygen atoms in total. The van der Waals surface area contributed by atoms with Gasteiger partial charge in [-0.25, -0.2) is 4.39 Å². The van der Waals surface area contributed by atoms with Crippen LogP contribution in [0.1, 0.15) is 30.5 Å². The first-order valence-corrected chi connectivity index (χ1v) is 7.15. The molecule has 1 aromatic heterocycles. The van der Waals surface area contributed by atoms with Crippen molar-refractivity contribution in [2.45, 2.75) is 25.8 Å². The van der Waals surface area contributed by atoms with Crippen LogP contribution in [0.25, 0.3) is 0 Å². The minimum atomic E-state index is -0.383. The van der Waals surface area contributed by atoms with Crippen LogP contribution >= 0.6 is 11.6 Å². The molecule has 0 aliphatic rings. The molecule has 0 spiro atoms. The minimum Gasteiger partial charge on any atom is -0.310 e. The lowest BCUT2D eigenvalue weighted by Crippen LogP contribution is -2.24. The molecule has 0 radical (unpaired) electrons. The van der Waals surface area contributed by atoms with Gasteiger partial charge in [-0.3, -0.25) is 4.98 Å². The molecule has 2 rings (SSSR count). The van der Waals surface area contributed by atoms with Crippen LogP contribution in [0.4, 0.5) is 4.39 Å². The van der Waals surface area contributed by atoms with Gasteiger partial charge in [-0.15, -0.1) is 0 Å². The average molecular weight is 293 g/mol. The molecule has 0 aliphatic heterocycles. The third-order valence-electron chi connectivity index (χ3n) is 3.15.